The Balaban J connectivity index is 1.53. The Morgan fingerprint density at radius 2 is 1.92 bits per heavy atom. The standard InChI is InChI=1S/C20H22ClN3O2/c1-13(15-7-6-14-4-2-3-5-16(14)10-15)24-19(25)12-23-20(26)18-11-17(21)8-9-22-18/h6-11,13H,2-5,12H2,1H3,(H,23,26)(H,24,25)/t13-/m0/s1. The molecule has 2 aromatic rings. The van der Waals surface area contributed by atoms with Gasteiger partial charge in [-0.3, -0.25) is 14.6 Å². The minimum Gasteiger partial charge on any atom is -0.348 e. The number of benzene rings is 1. The van der Waals surface area contributed by atoms with Crippen LogP contribution in [0.3, 0.4) is 0 Å². The van der Waals surface area contributed by atoms with E-state index in [1.807, 2.05) is 6.92 Å². The molecule has 0 aliphatic heterocycles. The number of pyridine rings is 1. The summed E-state index contributed by atoms with van der Waals surface area (Å²) in [6.45, 7) is 1.84. The molecule has 136 valence electrons. The molecule has 1 aliphatic carbocycles. The molecule has 0 saturated heterocycles. The maximum atomic E-state index is 12.1. The zero-order valence-electron chi connectivity index (χ0n) is 14.7. The summed E-state index contributed by atoms with van der Waals surface area (Å²) in [6, 6.07) is 9.36. The molecule has 1 atom stereocenters. The van der Waals surface area contributed by atoms with Crippen molar-refractivity contribution in [2.24, 2.45) is 0 Å². The van der Waals surface area contributed by atoms with Crippen molar-refractivity contribution >= 4 is 23.4 Å². The summed E-state index contributed by atoms with van der Waals surface area (Å²) >= 11 is 5.84. The first-order valence-electron chi connectivity index (χ1n) is 8.84. The van der Waals surface area contributed by atoms with Crippen LogP contribution in [0.15, 0.2) is 36.5 Å². The zero-order valence-corrected chi connectivity index (χ0v) is 15.5. The van der Waals surface area contributed by atoms with Gasteiger partial charge in [0.2, 0.25) is 5.91 Å². The number of nitrogens with zero attached hydrogens (tertiary/aromatic N) is 1. The molecule has 0 spiro atoms. The number of amides is 2. The molecule has 2 amide bonds. The Morgan fingerprint density at radius 3 is 2.69 bits per heavy atom. The highest BCUT2D eigenvalue weighted by Crippen LogP contribution is 2.24. The zero-order chi connectivity index (χ0) is 18.5. The molecule has 0 saturated carbocycles. The number of halogens is 1. The molecule has 1 aromatic carbocycles. The van der Waals surface area contributed by atoms with Crippen LogP contribution >= 0.6 is 11.6 Å². The highest BCUT2D eigenvalue weighted by atomic mass is 35.5. The second kappa shape index (κ2) is 8.32. The van der Waals surface area contributed by atoms with Gasteiger partial charge in [0.05, 0.1) is 12.6 Å². The molecule has 6 heteroatoms. The molecule has 3 rings (SSSR count). The fraction of sp³-hybridized carbons (Fsp3) is 0.350. The smallest absolute Gasteiger partial charge is 0.270 e. The van der Waals surface area contributed by atoms with Gasteiger partial charge in [0, 0.05) is 11.2 Å². The number of rotatable bonds is 5. The number of hydrogen-bond donors (Lipinski definition) is 2. The Kier molecular flexibility index (Phi) is 5.89. The van der Waals surface area contributed by atoms with Gasteiger partial charge in [-0.25, -0.2) is 0 Å². The van der Waals surface area contributed by atoms with Gasteiger partial charge in [-0.05, 0) is 61.4 Å². The first-order valence-corrected chi connectivity index (χ1v) is 9.21. The Bertz CT molecular complexity index is 822. The van der Waals surface area contributed by atoms with Crippen LogP contribution in [0, 0.1) is 0 Å². The van der Waals surface area contributed by atoms with Crippen molar-refractivity contribution in [3.63, 3.8) is 0 Å². The minimum atomic E-state index is -0.427. The molecule has 2 N–H and O–H groups in total. The number of fused-ring (bicyclic) bond motifs is 1. The van der Waals surface area contributed by atoms with E-state index in [9.17, 15) is 9.59 Å². The van der Waals surface area contributed by atoms with Gasteiger partial charge in [-0.15, -0.1) is 0 Å². The Labute approximate surface area is 158 Å². The van der Waals surface area contributed by atoms with E-state index < -0.39 is 5.91 Å². The van der Waals surface area contributed by atoms with E-state index in [0.29, 0.717) is 5.02 Å². The van der Waals surface area contributed by atoms with E-state index in [4.69, 9.17) is 11.6 Å². The number of carbonyl (C=O) groups excluding carboxylic acids is 2. The summed E-state index contributed by atoms with van der Waals surface area (Å²) in [5.41, 5.74) is 4.07. The predicted octanol–water partition coefficient (Wildman–Crippen LogP) is 3.22. The quantitative estimate of drug-likeness (QED) is 0.847. The summed E-state index contributed by atoms with van der Waals surface area (Å²) < 4.78 is 0. The summed E-state index contributed by atoms with van der Waals surface area (Å²) in [6.07, 6.45) is 6.17. The van der Waals surface area contributed by atoms with Crippen LogP contribution in [0.2, 0.25) is 5.02 Å². The minimum absolute atomic E-state index is 0.109. The van der Waals surface area contributed by atoms with Gasteiger partial charge >= 0.3 is 0 Å². The van der Waals surface area contributed by atoms with E-state index in [1.165, 1.54) is 36.2 Å². The monoisotopic (exact) mass is 371 g/mol. The van der Waals surface area contributed by atoms with Gasteiger partial charge in [0.25, 0.3) is 5.91 Å². The number of nitrogens with one attached hydrogen (secondary N) is 2. The predicted molar refractivity (Wildman–Crippen MR) is 101 cm³/mol. The van der Waals surface area contributed by atoms with Crippen molar-refractivity contribution in [2.75, 3.05) is 6.54 Å². The van der Waals surface area contributed by atoms with Crippen molar-refractivity contribution in [3.05, 3.63) is 63.9 Å². The molecule has 1 aliphatic rings. The van der Waals surface area contributed by atoms with Gasteiger partial charge in [0.15, 0.2) is 0 Å². The van der Waals surface area contributed by atoms with E-state index >= 15 is 0 Å². The highest BCUT2D eigenvalue weighted by molar-refractivity contribution is 6.30. The third-order valence-electron chi connectivity index (χ3n) is 4.61. The lowest BCUT2D eigenvalue weighted by molar-refractivity contribution is -0.120. The molecule has 1 heterocycles. The average molecular weight is 372 g/mol. The Hall–Kier alpha value is -2.40. The van der Waals surface area contributed by atoms with Gasteiger partial charge < -0.3 is 10.6 Å². The van der Waals surface area contributed by atoms with E-state index in [1.54, 1.807) is 6.07 Å². The molecule has 0 fully saturated rings. The van der Waals surface area contributed by atoms with Crippen molar-refractivity contribution in [2.45, 2.75) is 38.6 Å². The van der Waals surface area contributed by atoms with Gasteiger partial charge in [-0.2, -0.15) is 0 Å². The second-order valence-electron chi connectivity index (χ2n) is 6.57. The summed E-state index contributed by atoms with van der Waals surface area (Å²) in [5.74, 6) is -0.672. The lowest BCUT2D eigenvalue weighted by atomic mass is 9.89. The normalized spacial score (nSPS) is 14.2. The lowest BCUT2D eigenvalue weighted by Gasteiger charge is -2.20. The van der Waals surface area contributed by atoms with E-state index in [-0.39, 0.29) is 24.2 Å². The fourth-order valence-corrected chi connectivity index (χ4v) is 3.34. The summed E-state index contributed by atoms with van der Waals surface area (Å²) in [4.78, 5) is 28.1. The molecule has 0 unspecified atom stereocenters. The van der Waals surface area contributed by atoms with E-state index in [2.05, 4.69) is 33.8 Å². The van der Waals surface area contributed by atoms with Gasteiger partial charge in [0.1, 0.15) is 5.69 Å². The molecular weight excluding hydrogens is 350 g/mol. The van der Waals surface area contributed by atoms with Crippen molar-refractivity contribution in [3.8, 4) is 0 Å². The maximum absolute atomic E-state index is 12.1. The highest BCUT2D eigenvalue weighted by Gasteiger charge is 2.15. The summed E-state index contributed by atoms with van der Waals surface area (Å²) in [7, 11) is 0. The van der Waals surface area contributed by atoms with Crippen LogP contribution in [0.25, 0.3) is 0 Å². The van der Waals surface area contributed by atoms with Crippen LogP contribution in [0.4, 0.5) is 0 Å². The van der Waals surface area contributed by atoms with Crippen LogP contribution < -0.4 is 10.6 Å². The van der Waals surface area contributed by atoms with Crippen molar-refractivity contribution < 1.29 is 9.59 Å². The number of aromatic nitrogens is 1. The number of hydrogen-bond acceptors (Lipinski definition) is 3. The lowest BCUT2D eigenvalue weighted by Crippen LogP contribution is -2.38. The third-order valence-corrected chi connectivity index (χ3v) is 4.85. The molecule has 5 nitrogen and oxygen atoms in total. The largest absolute Gasteiger partial charge is 0.348 e. The third kappa shape index (κ3) is 4.61. The van der Waals surface area contributed by atoms with E-state index in [0.717, 1.165) is 18.4 Å². The Morgan fingerprint density at radius 1 is 1.15 bits per heavy atom. The molecule has 26 heavy (non-hydrogen) atoms. The molecule has 1 aromatic heterocycles. The SMILES string of the molecule is C[C@H](NC(=O)CNC(=O)c1cc(Cl)ccn1)c1ccc2c(c1)CCCC2. The van der Waals surface area contributed by atoms with Crippen LogP contribution in [-0.4, -0.2) is 23.3 Å². The molecule has 0 bridgehead atoms. The second-order valence-corrected chi connectivity index (χ2v) is 7.00. The molecular formula is C20H22ClN3O2. The van der Waals surface area contributed by atoms with Crippen LogP contribution in [0.5, 0.6) is 0 Å². The molecule has 0 radical (unpaired) electrons. The fourth-order valence-electron chi connectivity index (χ4n) is 3.18. The summed E-state index contributed by atoms with van der Waals surface area (Å²) in [5, 5.41) is 5.91. The van der Waals surface area contributed by atoms with Crippen molar-refractivity contribution in [1.29, 1.82) is 0 Å². The number of carbonyl (C=O) groups is 2. The maximum Gasteiger partial charge on any atom is 0.270 e. The first kappa shape index (κ1) is 18.4. The number of aryl methyl sites for hydroxylation is 2. The first-order chi connectivity index (χ1) is 12.5. The topological polar surface area (TPSA) is 71.1 Å². The van der Waals surface area contributed by atoms with Crippen LogP contribution in [-0.2, 0) is 17.6 Å². The van der Waals surface area contributed by atoms with Crippen molar-refractivity contribution in [1.82, 2.24) is 15.6 Å². The van der Waals surface area contributed by atoms with Gasteiger partial charge in [-0.1, -0.05) is 29.8 Å². The van der Waals surface area contributed by atoms with Crippen LogP contribution in [0.1, 0.15) is 53.0 Å². The average Bonchev–Trinajstić information content (AvgIpc) is 2.65.